The highest BCUT2D eigenvalue weighted by molar-refractivity contribution is 7.93. The zero-order valence-electron chi connectivity index (χ0n) is 16.9. The summed E-state index contributed by atoms with van der Waals surface area (Å²) in [5, 5.41) is 2.15. The van der Waals surface area contributed by atoms with Crippen molar-refractivity contribution in [3.63, 3.8) is 0 Å². The summed E-state index contributed by atoms with van der Waals surface area (Å²) >= 11 is 5.96. The quantitative estimate of drug-likeness (QED) is 0.381. The van der Waals surface area contributed by atoms with Crippen molar-refractivity contribution in [1.82, 2.24) is 0 Å². The topological polar surface area (TPSA) is 92.3 Å². The van der Waals surface area contributed by atoms with E-state index in [0.717, 1.165) is 16.3 Å². The molecular weight excluding hydrogens is 468 g/mol. The molecular formula is C23H19ClN2O4S2. The lowest BCUT2D eigenvalue weighted by Gasteiger charge is -2.12. The molecule has 0 saturated carbocycles. The maximum Gasteiger partial charge on any atom is 0.261 e. The molecule has 6 nitrogen and oxygen atoms in total. The first-order valence-corrected chi connectivity index (χ1v) is 12.9. The van der Waals surface area contributed by atoms with E-state index < -0.39 is 20.0 Å². The molecule has 0 heterocycles. The molecule has 4 aromatic rings. The van der Waals surface area contributed by atoms with Gasteiger partial charge < -0.3 is 0 Å². The normalized spacial score (nSPS) is 11.9. The van der Waals surface area contributed by atoms with Gasteiger partial charge in [-0.25, -0.2) is 16.8 Å². The van der Waals surface area contributed by atoms with Crippen LogP contribution in [0.2, 0.25) is 5.02 Å². The minimum absolute atomic E-state index is 0.00877. The Bertz CT molecular complexity index is 1520. The molecule has 0 spiro atoms. The Kier molecular flexibility index (Phi) is 5.85. The molecule has 164 valence electrons. The highest BCUT2D eigenvalue weighted by atomic mass is 35.5. The lowest BCUT2D eigenvalue weighted by atomic mass is 10.1. The van der Waals surface area contributed by atoms with Crippen LogP contribution < -0.4 is 9.44 Å². The van der Waals surface area contributed by atoms with Gasteiger partial charge in [0.2, 0.25) is 0 Å². The Labute approximate surface area is 192 Å². The van der Waals surface area contributed by atoms with Gasteiger partial charge in [0.15, 0.2) is 0 Å². The summed E-state index contributed by atoms with van der Waals surface area (Å²) in [6, 6.07) is 22.7. The van der Waals surface area contributed by atoms with Crippen LogP contribution in [0.15, 0.2) is 94.7 Å². The van der Waals surface area contributed by atoms with Gasteiger partial charge in [0.1, 0.15) is 0 Å². The van der Waals surface area contributed by atoms with Gasteiger partial charge >= 0.3 is 0 Å². The van der Waals surface area contributed by atoms with Gasteiger partial charge in [0.25, 0.3) is 20.0 Å². The van der Waals surface area contributed by atoms with E-state index in [2.05, 4.69) is 9.44 Å². The molecule has 0 radical (unpaired) electrons. The number of anilines is 2. The molecule has 32 heavy (non-hydrogen) atoms. The Morgan fingerprint density at radius 1 is 0.656 bits per heavy atom. The molecule has 0 saturated heterocycles. The first-order chi connectivity index (χ1) is 15.1. The number of fused-ring (bicyclic) bond motifs is 1. The van der Waals surface area contributed by atoms with E-state index in [1.165, 1.54) is 36.4 Å². The molecule has 0 unspecified atom stereocenters. The number of rotatable bonds is 6. The Balaban J connectivity index is 1.55. The van der Waals surface area contributed by atoms with Crippen molar-refractivity contribution >= 4 is 53.8 Å². The van der Waals surface area contributed by atoms with Crippen LogP contribution in [0.25, 0.3) is 10.8 Å². The minimum atomic E-state index is -3.88. The molecule has 4 rings (SSSR count). The fraction of sp³-hybridized carbons (Fsp3) is 0.0435. The summed E-state index contributed by atoms with van der Waals surface area (Å²) in [6.07, 6.45) is 0. The Morgan fingerprint density at radius 3 is 2.00 bits per heavy atom. The van der Waals surface area contributed by atoms with Crippen molar-refractivity contribution in [3.8, 4) is 0 Å². The lowest BCUT2D eigenvalue weighted by molar-refractivity contribution is 0.600. The van der Waals surface area contributed by atoms with Crippen molar-refractivity contribution < 1.29 is 16.8 Å². The van der Waals surface area contributed by atoms with Gasteiger partial charge in [-0.3, -0.25) is 9.44 Å². The van der Waals surface area contributed by atoms with Crippen LogP contribution in [0, 0.1) is 6.92 Å². The van der Waals surface area contributed by atoms with Gasteiger partial charge in [-0.2, -0.15) is 0 Å². The summed E-state index contributed by atoms with van der Waals surface area (Å²) in [4.78, 5) is 0.108. The number of sulfonamides is 2. The smallest absolute Gasteiger partial charge is 0.261 e. The summed E-state index contributed by atoms with van der Waals surface area (Å²) in [5.41, 5.74) is 1.34. The number of hydrogen-bond donors (Lipinski definition) is 2. The summed E-state index contributed by atoms with van der Waals surface area (Å²) in [7, 11) is -7.72. The van der Waals surface area contributed by atoms with E-state index in [0.29, 0.717) is 10.7 Å². The third-order valence-electron chi connectivity index (χ3n) is 4.89. The molecule has 0 fully saturated rings. The highest BCUT2D eigenvalue weighted by Gasteiger charge is 2.18. The van der Waals surface area contributed by atoms with E-state index in [4.69, 9.17) is 11.6 Å². The number of hydrogen-bond acceptors (Lipinski definition) is 4. The van der Waals surface area contributed by atoms with E-state index in [1.807, 2.05) is 24.3 Å². The van der Waals surface area contributed by atoms with E-state index in [9.17, 15) is 16.8 Å². The van der Waals surface area contributed by atoms with Gasteiger partial charge in [0.05, 0.1) is 15.5 Å². The standard InChI is InChI=1S/C23H19ClN2O4S2/c1-16-6-8-19(24)15-23(16)26-31(27,28)21-12-9-20(10-13-21)25-32(29,30)22-11-7-17-4-2-3-5-18(17)14-22/h2-15,25-26H,1H3. The van der Waals surface area contributed by atoms with Crippen LogP contribution in [-0.4, -0.2) is 16.8 Å². The average Bonchev–Trinajstić information content (AvgIpc) is 2.76. The fourth-order valence-corrected chi connectivity index (χ4v) is 5.55. The van der Waals surface area contributed by atoms with Crippen molar-refractivity contribution in [1.29, 1.82) is 0 Å². The zero-order valence-corrected chi connectivity index (χ0v) is 19.3. The molecule has 4 aromatic carbocycles. The van der Waals surface area contributed by atoms with Crippen LogP contribution in [-0.2, 0) is 20.0 Å². The summed E-state index contributed by atoms with van der Waals surface area (Å²) < 4.78 is 56.0. The van der Waals surface area contributed by atoms with Gasteiger partial charge in [-0.1, -0.05) is 48.0 Å². The first-order valence-electron chi connectivity index (χ1n) is 9.55. The average molecular weight is 487 g/mol. The Morgan fingerprint density at radius 2 is 1.28 bits per heavy atom. The molecule has 9 heteroatoms. The maximum atomic E-state index is 12.8. The zero-order chi connectivity index (χ0) is 22.9. The second-order valence-electron chi connectivity index (χ2n) is 7.20. The van der Waals surface area contributed by atoms with Crippen molar-refractivity contribution in [3.05, 3.63) is 95.5 Å². The highest BCUT2D eigenvalue weighted by Crippen LogP contribution is 2.25. The fourth-order valence-electron chi connectivity index (χ4n) is 3.16. The molecule has 0 amide bonds. The third kappa shape index (κ3) is 4.72. The van der Waals surface area contributed by atoms with Gasteiger partial charge in [-0.05, 0) is 71.8 Å². The molecule has 0 aliphatic carbocycles. The maximum absolute atomic E-state index is 12.8. The van der Waals surface area contributed by atoms with Crippen molar-refractivity contribution in [2.75, 3.05) is 9.44 Å². The number of nitrogens with one attached hydrogen (secondary N) is 2. The van der Waals surface area contributed by atoms with Gasteiger partial charge in [0, 0.05) is 10.7 Å². The minimum Gasteiger partial charge on any atom is -0.280 e. The molecule has 0 aliphatic heterocycles. The van der Waals surface area contributed by atoms with Crippen LogP contribution in [0.4, 0.5) is 11.4 Å². The first kappa shape index (κ1) is 22.1. The summed E-state index contributed by atoms with van der Waals surface area (Å²) in [5.74, 6) is 0. The second kappa shape index (κ2) is 8.46. The lowest BCUT2D eigenvalue weighted by Crippen LogP contribution is -2.15. The van der Waals surface area contributed by atoms with Crippen LogP contribution >= 0.6 is 11.6 Å². The predicted octanol–water partition coefficient (Wildman–Crippen LogP) is 5.40. The van der Waals surface area contributed by atoms with E-state index in [-0.39, 0.29) is 15.5 Å². The largest absolute Gasteiger partial charge is 0.280 e. The van der Waals surface area contributed by atoms with Crippen LogP contribution in [0.3, 0.4) is 0 Å². The molecule has 0 bridgehead atoms. The third-order valence-corrected chi connectivity index (χ3v) is 7.89. The van der Waals surface area contributed by atoms with E-state index >= 15 is 0 Å². The van der Waals surface area contributed by atoms with E-state index in [1.54, 1.807) is 31.2 Å². The second-order valence-corrected chi connectivity index (χ2v) is 11.0. The van der Waals surface area contributed by atoms with Crippen molar-refractivity contribution in [2.45, 2.75) is 16.7 Å². The molecule has 2 N–H and O–H groups in total. The van der Waals surface area contributed by atoms with Crippen LogP contribution in [0.1, 0.15) is 5.56 Å². The van der Waals surface area contributed by atoms with Crippen molar-refractivity contribution in [2.24, 2.45) is 0 Å². The summed E-state index contributed by atoms with van der Waals surface area (Å²) in [6.45, 7) is 1.76. The molecule has 0 atom stereocenters. The SMILES string of the molecule is Cc1ccc(Cl)cc1NS(=O)(=O)c1ccc(NS(=O)(=O)c2ccc3ccccc3c2)cc1. The molecule has 0 aliphatic rings. The number of aryl methyl sites for hydroxylation is 1. The number of benzene rings is 4. The monoisotopic (exact) mass is 486 g/mol. The number of halogens is 1. The predicted molar refractivity (Wildman–Crippen MR) is 128 cm³/mol. The van der Waals surface area contributed by atoms with Crippen LogP contribution in [0.5, 0.6) is 0 Å². The Hall–Kier alpha value is -3.07. The molecule has 0 aromatic heterocycles. The van der Waals surface area contributed by atoms with Gasteiger partial charge in [-0.15, -0.1) is 0 Å².